The van der Waals surface area contributed by atoms with Gasteiger partial charge in [0.15, 0.2) is 0 Å². The predicted molar refractivity (Wildman–Crippen MR) is 163 cm³/mol. The van der Waals surface area contributed by atoms with Gasteiger partial charge in [-0.05, 0) is 54.7 Å². The number of nitrogens with zero attached hydrogens (tertiary/aromatic N) is 1. The van der Waals surface area contributed by atoms with E-state index >= 15 is 0 Å². The fraction of sp³-hybridized carbons (Fsp3) is 0.242. The lowest BCUT2D eigenvalue weighted by Crippen LogP contribution is -2.18. The number of nitrogens with one attached hydrogen (secondary N) is 1. The SMILES string of the molecule is CCOC(=O)c1cc2c(c(-c3ccc(C(C)(C)C)cc3)c1NS(=O)(=O)c1ccc(C)cc1)c1ccccc1n2C. The second-order valence-electron chi connectivity index (χ2n) is 11.1. The molecule has 1 N–H and O–H groups in total. The Morgan fingerprint density at radius 1 is 0.925 bits per heavy atom. The van der Waals surface area contributed by atoms with Crippen LogP contribution in [-0.2, 0) is 27.2 Å². The first-order chi connectivity index (χ1) is 18.9. The minimum atomic E-state index is -4.04. The first-order valence-corrected chi connectivity index (χ1v) is 14.8. The van der Waals surface area contributed by atoms with Crippen molar-refractivity contribution in [1.29, 1.82) is 0 Å². The summed E-state index contributed by atoms with van der Waals surface area (Å²) in [5, 5.41) is 1.82. The summed E-state index contributed by atoms with van der Waals surface area (Å²) in [4.78, 5) is 13.5. The van der Waals surface area contributed by atoms with Gasteiger partial charge in [-0.3, -0.25) is 4.72 Å². The standard InChI is InChI=1S/C33H34N2O4S/c1-7-39-32(36)26-20-28-30(25-10-8-9-11-27(25)35(28)6)29(22-14-16-23(17-15-22)33(3,4)5)31(26)34-40(37,38)24-18-12-21(2)13-19-24/h8-20,34H,7H2,1-6H3. The van der Waals surface area contributed by atoms with Crippen LogP contribution in [0.15, 0.2) is 83.8 Å². The number of hydrogen-bond acceptors (Lipinski definition) is 4. The van der Waals surface area contributed by atoms with Crippen molar-refractivity contribution in [3.63, 3.8) is 0 Å². The first kappa shape index (κ1) is 27.5. The normalized spacial score (nSPS) is 12.2. The van der Waals surface area contributed by atoms with E-state index in [1.54, 1.807) is 37.3 Å². The average Bonchev–Trinajstić information content (AvgIpc) is 3.19. The molecule has 0 saturated heterocycles. The highest BCUT2D eigenvalue weighted by molar-refractivity contribution is 7.92. The van der Waals surface area contributed by atoms with Crippen LogP contribution in [-0.4, -0.2) is 25.6 Å². The maximum atomic E-state index is 13.8. The molecule has 6 nitrogen and oxygen atoms in total. The molecule has 0 fully saturated rings. The molecule has 1 heterocycles. The van der Waals surface area contributed by atoms with Crippen LogP contribution in [0.4, 0.5) is 5.69 Å². The summed E-state index contributed by atoms with van der Waals surface area (Å²) in [5.74, 6) is -0.594. The Morgan fingerprint density at radius 2 is 1.57 bits per heavy atom. The summed E-state index contributed by atoms with van der Waals surface area (Å²) in [6.45, 7) is 10.2. The molecule has 206 valence electrons. The summed E-state index contributed by atoms with van der Waals surface area (Å²) < 4.78 is 37.8. The lowest BCUT2D eigenvalue weighted by Gasteiger charge is -2.21. The van der Waals surface area contributed by atoms with Crippen LogP contribution < -0.4 is 4.72 Å². The van der Waals surface area contributed by atoms with E-state index in [0.717, 1.165) is 38.5 Å². The molecule has 0 aliphatic heterocycles. The van der Waals surface area contributed by atoms with Gasteiger partial charge in [-0.25, -0.2) is 13.2 Å². The lowest BCUT2D eigenvalue weighted by atomic mass is 9.85. The third kappa shape index (κ3) is 4.86. The third-order valence-corrected chi connectivity index (χ3v) is 8.67. The number of carbonyl (C=O) groups is 1. The van der Waals surface area contributed by atoms with Crippen molar-refractivity contribution in [3.05, 3.63) is 95.6 Å². The number of anilines is 1. The number of fused-ring (bicyclic) bond motifs is 3. The van der Waals surface area contributed by atoms with Gasteiger partial charge in [0.2, 0.25) is 0 Å². The third-order valence-electron chi connectivity index (χ3n) is 7.31. The summed E-state index contributed by atoms with van der Waals surface area (Å²) >= 11 is 0. The van der Waals surface area contributed by atoms with Crippen LogP contribution >= 0.6 is 0 Å². The van der Waals surface area contributed by atoms with E-state index in [1.807, 2.05) is 54.9 Å². The smallest absolute Gasteiger partial charge is 0.340 e. The zero-order chi connectivity index (χ0) is 28.8. The molecular formula is C33H34N2O4S. The van der Waals surface area contributed by atoms with Crippen LogP contribution in [0.5, 0.6) is 0 Å². The van der Waals surface area contributed by atoms with Crippen molar-refractivity contribution >= 4 is 43.5 Å². The maximum Gasteiger partial charge on any atom is 0.340 e. The van der Waals surface area contributed by atoms with Gasteiger partial charge in [-0.1, -0.05) is 80.9 Å². The zero-order valence-electron chi connectivity index (χ0n) is 23.7. The van der Waals surface area contributed by atoms with Crippen LogP contribution in [0.25, 0.3) is 32.9 Å². The molecule has 0 atom stereocenters. The Labute approximate surface area is 235 Å². The molecule has 0 unspecified atom stereocenters. The molecule has 5 aromatic rings. The quantitative estimate of drug-likeness (QED) is 0.220. The summed E-state index contributed by atoms with van der Waals surface area (Å²) in [5.41, 5.74) is 5.59. The van der Waals surface area contributed by atoms with Crippen molar-refractivity contribution in [3.8, 4) is 11.1 Å². The number of hydrogen-bond donors (Lipinski definition) is 1. The Morgan fingerprint density at radius 3 is 2.20 bits per heavy atom. The van der Waals surface area contributed by atoms with Gasteiger partial charge in [-0.15, -0.1) is 0 Å². The van der Waals surface area contributed by atoms with Crippen LogP contribution in [0, 0.1) is 6.92 Å². The van der Waals surface area contributed by atoms with Gasteiger partial charge in [0, 0.05) is 28.9 Å². The van der Waals surface area contributed by atoms with Gasteiger partial charge in [-0.2, -0.15) is 0 Å². The van der Waals surface area contributed by atoms with Crippen LogP contribution in [0.1, 0.15) is 49.2 Å². The molecule has 0 spiro atoms. The number of rotatable bonds is 6. The zero-order valence-corrected chi connectivity index (χ0v) is 24.5. The number of aromatic nitrogens is 1. The Balaban J connectivity index is 1.89. The monoisotopic (exact) mass is 554 g/mol. The van der Waals surface area contributed by atoms with Crippen LogP contribution in [0.3, 0.4) is 0 Å². The van der Waals surface area contributed by atoms with E-state index in [9.17, 15) is 13.2 Å². The molecular weight excluding hydrogens is 520 g/mol. The predicted octanol–water partition coefficient (Wildman–Crippen LogP) is 7.58. The van der Waals surface area contributed by atoms with Crippen molar-refractivity contribution < 1.29 is 17.9 Å². The van der Waals surface area contributed by atoms with Gasteiger partial charge in [0.05, 0.1) is 28.3 Å². The van der Waals surface area contributed by atoms with E-state index in [1.165, 1.54) is 0 Å². The van der Waals surface area contributed by atoms with Crippen molar-refractivity contribution in [2.75, 3.05) is 11.3 Å². The number of aryl methyl sites for hydroxylation is 2. The minimum Gasteiger partial charge on any atom is -0.462 e. The Hall–Kier alpha value is -4.10. The molecule has 0 bridgehead atoms. The number of ether oxygens (including phenoxy) is 1. The molecule has 1 aromatic heterocycles. The Bertz CT molecular complexity index is 1840. The maximum absolute atomic E-state index is 13.8. The summed E-state index contributed by atoms with van der Waals surface area (Å²) in [6, 6.07) is 24.4. The fourth-order valence-corrected chi connectivity index (χ4v) is 6.22. The first-order valence-electron chi connectivity index (χ1n) is 13.3. The highest BCUT2D eigenvalue weighted by atomic mass is 32.2. The van der Waals surface area contributed by atoms with Gasteiger partial charge in [0.25, 0.3) is 10.0 Å². The van der Waals surface area contributed by atoms with E-state index in [4.69, 9.17) is 4.74 Å². The second-order valence-corrected chi connectivity index (χ2v) is 12.8. The highest BCUT2D eigenvalue weighted by Crippen LogP contribution is 2.44. The van der Waals surface area contributed by atoms with Crippen molar-refractivity contribution in [2.24, 2.45) is 7.05 Å². The topological polar surface area (TPSA) is 77.4 Å². The van der Waals surface area contributed by atoms with E-state index in [-0.39, 0.29) is 28.2 Å². The number of esters is 1. The number of sulfonamides is 1. The number of benzene rings is 4. The van der Waals surface area contributed by atoms with E-state index in [0.29, 0.717) is 5.56 Å². The highest BCUT2D eigenvalue weighted by Gasteiger charge is 2.28. The summed E-state index contributed by atoms with van der Waals surface area (Å²) in [6.07, 6.45) is 0. The number of para-hydroxylation sites is 1. The van der Waals surface area contributed by atoms with Crippen molar-refractivity contribution in [2.45, 2.75) is 44.9 Å². The average molecular weight is 555 g/mol. The molecule has 0 amide bonds. The Kier molecular flexibility index (Phi) is 6.96. The fourth-order valence-electron chi connectivity index (χ4n) is 5.13. The van der Waals surface area contributed by atoms with E-state index in [2.05, 4.69) is 37.6 Å². The lowest BCUT2D eigenvalue weighted by molar-refractivity contribution is 0.0528. The van der Waals surface area contributed by atoms with Gasteiger partial charge >= 0.3 is 5.97 Å². The van der Waals surface area contributed by atoms with E-state index < -0.39 is 16.0 Å². The molecule has 0 radical (unpaired) electrons. The molecule has 0 aliphatic carbocycles. The molecule has 0 aliphatic rings. The van der Waals surface area contributed by atoms with Crippen molar-refractivity contribution in [1.82, 2.24) is 4.57 Å². The molecule has 40 heavy (non-hydrogen) atoms. The molecule has 0 saturated carbocycles. The molecule has 4 aromatic carbocycles. The summed E-state index contributed by atoms with van der Waals surface area (Å²) in [7, 11) is -2.10. The minimum absolute atomic E-state index is 0.0596. The number of carbonyl (C=O) groups excluding carboxylic acids is 1. The second kappa shape index (κ2) is 10.1. The molecule has 7 heteroatoms. The van der Waals surface area contributed by atoms with Gasteiger partial charge < -0.3 is 9.30 Å². The van der Waals surface area contributed by atoms with Gasteiger partial charge in [0.1, 0.15) is 0 Å². The molecule has 5 rings (SSSR count). The largest absolute Gasteiger partial charge is 0.462 e. The van der Waals surface area contributed by atoms with Crippen LogP contribution in [0.2, 0.25) is 0 Å².